The zero-order valence-corrected chi connectivity index (χ0v) is 17.6. The van der Waals surface area contributed by atoms with E-state index in [9.17, 15) is 4.79 Å². The number of carbonyl (C=O) groups excluding carboxylic acids is 1. The van der Waals surface area contributed by atoms with Crippen LogP contribution in [0, 0.1) is 0 Å². The first kappa shape index (κ1) is 20.0. The van der Waals surface area contributed by atoms with Crippen LogP contribution in [-0.2, 0) is 24.1 Å². The molecule has 1 aliphatic carbocycles. The van der Waals surface area contributed by atoms with E-state index in [2.05, 4.69) is 64.3 Å². The summed E-state index contributed by atoms with van der Waals surface area (Å²) in [5.74, 6) is 0.176. The van der Waals surface area contributed by atoms with Crippen molar-refractivity contribution in [1.29, 1.82) is 0 Å². The Balaban J connectivity index is 1.52. The van der Waals surface area contributed by atoms with Crippen molar-refractivity contribution in [2.24, 2.45) is 0 Å². The van der Waals surface area contributed by atoms with Crippen molar-refractivity contribution in [2.45, 2.75) is 44.7 Å². The minimum atomic E-state index is -0.466. The monoisotopic (exact) mass is 392 g/mol. The second-order valence-electron chi connectivity index (χ2n) is 8.52. The number of aromatic nitrogens is 1. The van der Waals surface area contributed by atoms with E-state index in [0.717, 1.165) is 57.5 Å². The van der Waals surface area contributed by atoms with Gasteiger partial charge in [0.05, 0.1) is 0 Å². The number of pyridine rings is 1. The van der Waals surface area contributed by atoms with E-state index >= 15 is 0 Å². The number of benzene rings is 1. The standard InChI is InChI=1S/C24H32N4O/c1-3-27-11-13-28(14-12-27)24(16-21-8-4-5-9-22(21)17-24)23(29)26-19(2)15-20-7-6-10-25-18-20/h4-10,18-19H,3,11-17H2,1-2H3,(H,26,29). The molecule has 1 aliphatic heterocycles. The maximum Gasteiger partial charge on any atom is 0.241 e. The Morgan fingerprint density at radius 2 is 1.79 bits per heavy atom. The van der Waals surface area contributed by atoms with Crippen LogP contribution in [0.5, 0.6) is 0 Å². The summed E-state index contributed by atoms with van der Waals surface area (Å²) < 4.78 is 0. The van der Waals surface area contributed by atoms with Gasteiger partial charge in [-0.05, 0) is 42.6 Å². The molecule has 1 amide bonds. The largest absolute Gasteiger partial charge is 0.352 e. The third kappa shape index (κ3) is 4.21. The zero-order chi connectivity index (χ0) is 20.3. The van der Waals surface area contributed by atoms with Crippen LogP contribution in [0.1, 0.15) is 30.5 Å². The molecule has 0 bridgehead atoms. The normalized spacial score (nSPS) is 20.2. The third-order valence-corrected chi connectivity index (χ3v) is 6.57. The number of nitrogens with one attached hydrogen (secondary N) is 1. The highest BCUT2D eigenvalue weighted by Crippen LogP contribution is 2.36. The molecule has 1 saturated heterocycles. The molecule has 1 aromatic heterocycles. The summed E-state index contributed by atoms with van der Waals surface area (Å²) in [6.45, 7) is 9.35. The maximum absolute atomic E-state index is 13.7. The summed E-state index contributed by atoms with van der Waals surface area (Å²) in [6, 6.07) is 12.6. The number of piperazine rings is 1. The van der Waals surface area contributed by atoms with Gasteiger partial charge in [0.25, 0.3) is 0 Å². The van der Waals surface area contributed by atoms with Gasteiger partial charge < -0.3 is 10.2 Å². The molecule has 1 aromatic carbocycles. The fourth-order valence-electron chi connectivity index (χ4n) is 4.90. The number of likely N-dealkylation sites (N-methyl/N-ethyl adjacent to an activating group) is 1. The number of hydrogen-bond donors (Lipinski definition) is 1. The third-order valence-electron chi connectivity index (χ3n) is 6.57. The van der Waals surface area contributed by atoms with Gasteiger partial charge in [-0.25, -0.2) is 0 Å². The first-order valence-electron chi connectivity index (χ1n) is 10.8. The Morgan fingerprint density at radius 1 is 1.10 bits per heavy atom. The Morgan fingerprint density at radius 3 is 2.38 bits per heavy atom. The van der Waals surface area contributed by atoms with Crippen LogP contribution >= 0.6 is 0 Å². The Kier molecular flexibility index (Phi) is 5.97. The average Bonchev–Trinajstić information content (AvgIpc) is 3.15. The molecule has 4 rings (SSSR count). The molecular formula is C24H32N4O. The van der Waals surface area contributed by atoms with Crippen molar-refractivity contribution >= 4 is 5.91 Å². The molecule has 0 spiro atoms. The van der Waals surface area contributed by atoms with E-state index < -0.39 is 5.54 Å². The minimum absolute atomic E-state index is 0.0734. The number of fused-ring (bicyclic) bond motifs is 1. The van der Waals surface area contributed by atoms with E-state index in [-0.39, 0.29) is 11.9 Å². The van der Waals surface area contributed by atoms with Gasteiger partial charge in [-0.1, -0.05) is 37.3 Å². The zero-order valence-electron chi connectivity index (χ0n) is 17.6. The van der Waals surface area contributed by atoms with Crippen LogP contribution < -0.4 is 5.32 Å². The lowest BCUT2D eigenvalue weighted by molar-refractivity contribution is -0.135. The summed E-state index contributed by atoms with van der Waals surface area (Å²) >= 11 is 0. The van der Waals surface area contributed by atoms with Gasteiger partial charge in [-0.2, -0.15) is 0 Å². The van der Waals surface area contributed by atoms with Gasteiger partial charge >= 0.3 is 0 Å². The highest BCUT2D eigenvalue weighted by molar-refractivity contribution is 5.88. The summed E-state index contributed by atoms with van der Waals surface area (Å²) in [5, 5.41) is 3.35. The van der Waals surface area contributed by atoms with Crippen LogP contribution in [0.4, 0.5) is 0 Å². The molecule has 154 valence electrons. The van der Waals surface area contributed by atoms with E-state index in [0.29, 0.717) is 0 Å². The van der Waals surface area contributed by atoms with Crippen LogP contribution in [0.15, 0.2) is 48.8 Å². The summed E-state index contributed by atoms with van der Waals surface area (Å²) in [7, 11) is 0. The lowest BCUT2D eigenvalue weighted by Gasteiger charge is -2.45. The Labute approximate surface area is 174 Å². The van der Waals surface area contributed by atoms with Crippen molar-refractivity contribution in [2.75, 3.05) is 32.7 Å². The molecular weight excluding hydrogens is 360 g/mol. The van der Waals surface area contributed by atoms with Crippen molar-refractivity contribution in [3.63, 3.8) is 0 Å². The van der Waals surface area contributed by atoms with Crippen molar-refractivity contribution in [3.05, 3.63) is 65.5 Å². The predicted molar refractivity (Wildman–Crippen MR) is 116 cm³/mol. The topological polar surface area (TPSA) is 48.5 Å². The van der Waals surface area contributed by atoms with Crippen LogP contribution in [-0.4, -0.2) is 65.0 Å². The molecule has 5 heteroatoms. The number of rotatable bonds is 6. The number of amides is 1. The smallest absolute Gasteiger partial charge is 0.241 e. The SMILES string of the molecule is CCN1CCN(C2(C(=O)NC(C)Cc3cccnc3)Cc3ccccc3C2)CC1. The second kappa shape index (κ2) is 8.64. The average molecular weight is 393 g/mol. The van der Waals surface area contributed by atoms with Gasteiger partial charge in [0.2, 0.25) is 5.91 Å². The molecule has 2 aromatic rings. The Hall–Kier alpha value is -2.24. The van der Waals surface area contributed by atoms with Crippen molar-refractivity contribution < 1.29 is 4.79 Å². The molecule has 2 aliphatic rings. The quantitative estimate of drug-likeness (QED) is 0.820. The van der Waals surface area contributed by atoms with Gasteiger partial charge in [0.15, 0.2) is 0 Å². The first-order valence-corrected chi connectivity index (χ1v) is 10.8. The maximum atomic E-state index is 13.7. The number of carbonyl (C=O) groups is 1. The van der Waals surface area contributed by atoms with Crippen LogP contribution in [0.3, 0.4) is 0 Å². The highest BCUT2D eigenvalue weighted by atomic mass is 16.2. The number of hydrogen-bond acceptors (Lipinski definition) is 4. The molecule has 29 heavy (non-hydrogen) atoms. The van der Waals surface area contributed by atoms with E-state index in [1.807, 2.05) is 12.3 Å². The molecule has 1 unspecified atom stereocenters. The molecule has 2 heterocycles. The fraction of sp³-hybridized carbons (Fsp3) is 0.500. The van der Waals surface area contributed by atoms with Crippen molar-refractivity contribution in [3.8, 4) is 0 Å². The molecule has 1 atom stereocenters. The van der Waals surface area contributed by atoms with Gasteiger partial charge in [-0.3, -0.25) is 14.7 Å². The fourth-order valence-corrected chi connectivity index (χ4v) is 4.90. The summed E-state index contributed by atoms with van der Waals surface area (Å²) in [6.07, 6.45) is 6.08. The van der Waals surface area contributed by atoms with Crippen LogP contribution in [0.25, 0.3) is 0 Å². The first-order chi connectivity index (χ1) is 14.1. The Bertz CT molecular complexity index is 805. The van der Waals surface area contributed by atoms with Gasteiger partial charge in [-0.15, -0.1) is 0 Å². The lowest BCUT2D eigenvalue weighted by Crippen LogP contribution is -2.65. The summed E-state index contributed by atoms with van der Waals surface area (Å²) in [4.78, 5) is 22.8. The molecule has 1 N–H and O–H groups in total. The minimum Gasteiger partial charge on any atom is -0.352 e. The molecule has 5 nitrogen and oxygen atoms in total. The van der Waals surface area contributed by atoms with Crippen LogP contribution in [0.2, 0.25) is 0 Å². The molecule has 1 fully saturated rings. The van der Waals surface area contributed by atoms with E-state index in [1.54, 1.807) is 6.20 Å². The lowest BCUT2D eigenvalue weighted by atomic mass is 9.90. The molecule has 0 radical (unpaired) electrons. The number of nitrogens with zero attached hydrogens (tertiary/aromatic N) is 3. The molecule has 0 saturated carbocycles. The highest BCUT2D eigenvalue weighted by Gasteiger charge is 2.49. The predicted octanol–water partition coefficient (Wildman–Crippen LogP) is 2.30. The van der Waals surface area contributed by atoms with Gasteiger partial charge in [0.1, 0.15) is 5.54 Å². The van der Waals surface area contributed by atoms with E-state index in [1.165, 1.54) is 11.1 Å². The summed E-state index contributed by atoms with van der Waals surface area (Å²) in [5.41, 5.74) is 3.33. The second-order valence-corrected chi connectivity index (χ2v) is 8.52. The van der Waals surface area contributed by atoms with Gasteiger partial charge in [0, 0.05) is 57.5 Å². The van der Waals surface area contributed by atoms with Crippen molar-refractivity contribution in [1.82, 2.24) is 20.1 Å². The van der Waals surface area contributed by atoms with E-state index in [4.69, 9.17) is 0 Å².